The van der Waals surface area contributed by atoms with E-state index in [1.807, 2.05) is 11.3 Å². The SMILES string of the molecule is CC(C)OCCCCNCCc1cccs1. The van der Waals surface area contributed by atoms with E-state index in [0.717, 1.165) is 32.5 Å². The van der Waals surface area contributed by atoms with E-state index in [-0.39, 0.29) is 0 Å². The Balaban J connectivity index is 1.82. The second-order valence-electron chi connectivity index (χ2n) is 4.21. The van der Waals surface area contributed by atoms with Crippen molar-refractivity contribution < 1.29 is 4.74 Å². The monoisotopic (exact) mass is 241 g/mol. The molecule has 1 heterocycles. The van der Waals surface area contributed by atoms with Crippen LogP contribution in [-0.4, -0.2) is 25.8 Å². The third kappa shape index (κ3) is 6.99. The molecule has 0 unspecified atom stereocenters. The molecule has 0 saturated heterocycles. The van der Waals surface area contributed by atoms with Crippen LogP contribution in [0.25, 0.3) is 0 Å². The molecule has 0 aliphatic rings. The van der Waals surface area contributed by atoms with E-state index in [0.29, 0.717) is 6.10 Å². The highest BCUT2D eigenvalue weighted by Gasteiger charge is 1.95. The Bertz CT molecular complexity index is 246. The standard InChI is InChI=1S/C13H23NOS/c1-12(2)15-10-4-3-8-14-9-7-13-6-5-11-16-13/h5-6,11-12,14H,3-4,7-10H2,1-2H3. The molecule has 92 valence electrons. The van der Waals surface area contributed by atoms with E-state index < -0.39 is 0 Å². The summed E-state index contributed by atoms with van der Waals surface area (Å²) < 4.78 is 5.48. The maximum absolute atomic E-state index is 5.48. The summed E-state index contributed by atoms with van der Waals surface area (Å²) in [5, 5.41) is 5.60. The van der Waals surface area contributed by atoms with Crippen molar-refractivity contribution in [3.63, 3.8) is 0 Å². The molecule has 0 radical (unpaired) electrons. The molecular formula is C13H23NOS. The van der Waals surface area contributed by atoms with Crippen molar-refractivity contribution in [1.82, 2.24) is 5.32 Å². The Morgan fingerprint density at radius 1 is 1.31 bits per heavy atom. The van der Waals surface area contributed by atoms with Gasteiger partial charge in [0.25, 0.3) is 0 Å². The average molecular weight is 241 g/mol. The fourth-order valence-corrected chi connectivity index (χ4v) is 2.17. The van der Waals surface area contributed by atoms with Crippen LogP contribution in [0.1, 0.15) is 31.6 Å². The number of hydrogen-bond donors (Lipinski definition) is 1. The topological polar surface area (TPSA) is 21.3 Å². The van der Waals surface area contributed by atoms with Crippen molar-refractivity contribution in [3.05, 3.63) is 22.4 Å². The molecule has 0 bridgehead atoms. The van der Waals surface area contributed by atoms with Gasteiger partial charge in [0.1, 0.15) is 0 Å². The molecule has 0 atom stereocenters. The van der Waals surface area contributed by atoms with Gasteiger partial charge in [0.05, 0.1) is 6.10 Å². The highest BCUT2D eigenvalue weighted by atomic mass is 32.1. The Morgan fingerprint density at radius 2 is 2.19 bits per heavy atom. The first-order chi connectivity index (χ1) is 7.79. The molecular weight excluding hydrogens is 218 g/mol. The van der Waals surface area contributed by atoms with E-state index in [9.17, 15) is 0 Å². The summed E-state index contributed by atoms with van der Waals surface area (Å²) in [6.45, 7) is 7.25. The van der Waals surface area contributed by atoms with Crippen LogP contribution in [0, 0.1) is 0 Å². The number of hydrogen-bond acceptors (Lipinski definition) is 3. The molecule has 0 amide bonds. The average Bonchev–Trinajstić information content (AvgIpc) is 2.74. The highest BCUT2D eigenvalue weighted by Crippen LogP contribution is 2.07. The molecule has 0 aromatic carbocycles. The smallest absolute Gasteiger partial charge is 0.0518 e. The molecule has 3 heteroatoms. The molecule has 2 nitrogen and oxygen atoms in total. The summed E-state index contributed by atoms with van der Waals surface area (Å²) in [6.07, 6.45) is 3.88. The lowest BCUT2D eigenvalue weighted by atomic mass is 10.3. The predicted octanol–water partition coefficient (Wildman–Crippen LogP) is 3.09. The zero-order valence-electron chi connectivity index (χ0n) is 10.4. The minimum Gasteiger partial charge on any atom is -0.379 e. The molecule has 0 saturated carbocycles. The van der Waals surface area contributed by atoms with Gasteiger partial charge in [-0.3, -0.25) is 0 Å². The van der Waals surface area contributed by atoms with Crippen molar-refractivity contribution >= 4 is 11.3 Å². The first-order valence-corrected chi connectivity index (χ1v) is 7.01. The lowest BCUT2D eigenvalue weighted by molar-refractivity contribution is 0.0760. The summed E-state index contributed by atoms with van der Waals surface area (Å²) in [5.74, 6) is 0. The van der Waals surface area contributed by atoms with Crippen molar-refractivity contribution in [2.24, 2.45) is 0 Å². The lowest BCUT2D eigenvalue weighted by Gasteiger charge is -2.07. The predicted molar refractivity (Wildman–Crippen MR) is 71.2 cm³/mol. The van der Waals surface area contributed by atoms with E-state index in [4.69, 9.17) is 4.74 Å². The molecule has 1 aromatic rings. The van der Waals surface area contributed by atoms with E-state index in [1.54, 1.807) is 0 Å². The number of thiophene rings is 1. The van der Waals surface area contributed by atoms with E-state index in [1.165, 1.54) is 11.3 Å². The van der Waals surface area contributed by atoms with Crippen LogP contribution >= 0.6 is 11.3 Å². The van der Waals surface area contributed by atoms with Gasteiger partial charge in [0.15, 0.2) is 0 Å². The molecule has 1 N–H and O–H groups in total. The van der Waals surface area contributed by atoms with Crippen molar-refractivity contribution in [2.45, 2.75) is 39.2 Å². The molecule has 1 aromatic heterocycles. The Labute approximate surface area is 103 Å². The summed E-state index contributed by atoms with van der Waals surface area (Å²) in [4.78, 5) is 1.47. The maximum atomic E-state index is 5.48. The van der Waals surface area contributed by atoms with Crippen LogP contribution in [0.3, 0.4) is 0 Å². The van der Waals surface area contributed by atoms with Crippen LogP contribution in [0.2, 0.25) is 0 Å². The van der Waals surface area contributed by atoms with Gasteiger partial charge in [-0.1, -0.05) is 6.07 Å². The molecule has 0 aliphatic carbocycles. The van der Waals surface area contributed by atoms with Gasteiger partial charge in [0, 0.05) is 11.5 Å². The van der Waals surface area contributed by atoms with Crippen LogP contribution in [0.5, 0.6) is 0 Å². The second kappa shape index (κ2) is 8.74. The molecule has 0 spiro atoms. The fraction of sp³-hybridized carbons (Fsp3) is 0.692. The Hall–Kier alpha value is -0.380. The van der Waals surface area contributed by atoms with Crippen molar-refractivity contribution in [2.75, 3.05) is 19.7 Å². The number of ether oxygens (including phenoxy) is 1. The molecule has 0 aliphatic heterocycles. The molecule has 1 rings (SSSR count). The van der Waals surface area contributed by atoms with Gasteiger partial charge < -0.3 is 10.1 Å². The number of nitrogens with one attached hydrogen (secondary N) is 1. The molecule has 0 fully saturated rings. The second-order valence-corrected chi connectivity index (χ2v) is 5.24. The summed E-state index contributed by atoms with van der Waals surface area (Å²) in [6, 6.07) is 4.31. The quantitative estimate of drug-likeness (QED) is 0.671. The first kappa shape index (κ1) is 13.7. The zero-order valence-corrected chi connectivity index (χ0v) is 11.2. The van der Waals surface area contributed by atoms with Crippen molar-refractivity contribution in [3.8, 4) is 0 Å². The van der Waals surface area contributed by atoms with E-state index >= 15 is 0 Å². The van der Waals surface area contributed by atoms with Crippen LogP contribution in [0.4, 0.5) is 0 Å². The third-order valence-corrected chi connectivity index (χ3v) is 3.26. The molecule has 16 heavy (non-hydrogen) atoms. The van der Waals surface area contributed by atoms with E-state index in [2.05, 4.69) is 36.7 Å². The lowest BCUT2D eigenvalue weighted by Crippen LogP contribution is -2.18. The number of rotatable bonds is 9. The number of unbranched alkanes of at least 4 members (excludes halogenated alkanes) is 1. The largest absolute Gasteiger partial charge is 0.379 e. The summed E-state index contributed by atoms with van der Waals surface area (Å²) in [5.41, 5.74) is 0. The van der Waals surface area contributed by atoms with Crippen LogP contribution < -0.4 is 5.32 Å². The Morgan fingerprint density at radius 3 is 2.88 bits per heavy atom. The summed E-state index contributed by atoms with van der Waals surface area (Å²) >= 11 is 1.84. The first-order valence-electron chi connectivity index (χ1n) is 6.13. The van der Waals surface area contributed by atoms with Crippen LogP contribution in [-0.2, 0) is 11.2 Å². The fourth-order valence-electron chi connectivity index (χ4n) is 1.46. The van der Waals surface area contributed by atoms with Gasteiger partial charge in [0.2, 0.25) is 0 Å². The van der Waals surface area contributed by atoms with Gasteiger partial charge in [-0.25, -0.2) is 0 Å². The Kier molecular flexibility index (Phi) is 7.47. The van der Waals surface area contributed by atoms with Gasteiger partial charge in [-0.2, -0.15) is 0 Å². The van der Waals surface area contributed by atoms with Gasteiger partial charge >= 0.3 is 0 Å². The minimum absolute atomic E-state index is 0.367. The van der Waals surface area contributed by atoms with Crippen molar-refractivity contribution in [1.29, 1.82) is 0 Å². The third-order valence-electron chi connectivity index (χ3n) is 2.33. The normalized spacial score (nSPS) is 11.2. The minimum atomic E-state index is 0.367. The zero-order chi connectivity index (χ0) is 11.6. The highest BCUT2D eigenvalue weighted by molar-refractivity contribution is 7.09. The summed E-state index contributed by atoms with van der Waals surface area (Å²) in [7, 11) is 0. The van der Waals surface area contributed by atoms with Gasteiger partial charge in [-0.05, 0) is 57.6 Å². The maximum Gasteiger partial charge on any atom is 0.0518 e. The van der Waals surface area contributed by atoms with Gasteiger partial charge in [-0.15, -0.1) is 11.3 Å². The van der Waals surface area contributed by atoms with Crippen LogP contribution in [0.15, 0.2) is 17.5 Å².